The average molecular weight is 336 g/mol. The van der Waals surface area contributed by atoms with Crippen LogP contribution in [-0.2, 0) is 10.0 Å². The molecule has 0 aliphatic carbocycles. The molecule has 110 valence electrons. The Balaban J connectivity index is 0.00000200. The number of hydrogen-bond donors (Lipinski definition) is 1. The van der Waals surface area contributed by atoms with Gasteiger partial charge in [-0.05, 0) is 31.0 Å². The molecule has 2 N–H and O–H groups in total. The Morgan fingerprint density at radius 2 is 1.95 bits per heavy atom. The second-order valence-corrected chi connectivity index (χ2v) is 6.84. The summed E-state index contributed by atoms with van der Waals surface area (Å²) in [6.07, 6.45) is 1.30. The molecule has 1 heterocycles. The van der Waals surface area contributed by atoms with Crippen molar-refractivity contribution < 1.29 is 8.42 Å². The van der Waals surface area contributed by atoms with Gasteiger partial charge in [0.05, 0.1) is 15.5 Å². The van der Waals surface area contributed by atoms with E-state index in [2.05, 4.69) is 0 Å². The van der Waals surface area contributed by atoms with E-state index in [4.69, 9.17) is 22.6 Å². The molecule has 0 saturated carbocycles. The maximum absolute atomic E-state index is 12.4. The van der Waals surface area contributed by atoms with Crippen LogP contribution in [0, 0.1) is 11.3 Å². The zero-order valence-electron chi connectivity index (χ0n) is 10.6. The van der Waals surface area contributed by atoms with Crippen LogP contribution in [-0.4, -0.2) is 31.9 Å². The molecule has 2 rings (SSSR count). The topological polar surface area (TPSA) is 87.2 Å². The van der Waals surface area contributed by atoms with Crippen LogP contribution >= 0.6 is 24.0 Å². The highest BCUT2D eigenvalue weighted by Crippen LogP contribution is 2.24. The van der Waals surface area contributed by atoms with Gasteiger partial charge in [0.2, 0.25) is 10.0 Å². The van der Waals surface area contributed by atoms with Crippen molar-refractivity contribution in [3.05, 3.63) is 28.8 Å². The van der Waals surface area contributed by atoms with Gasteiger partial charge in [-0.15, -0.1) is 12.4 Å². The highest BCUT2D eigenvalue weighted by molar-refractivity contribution is 7.89. The van der Waals surface area contributed by atoms with E-state index in [1.807, 2.05) is 6.07 Å². The summed E-state index contributed by atoms with van der Waals surface area (Å²) in [7, 11) is -3.57. The van der Waals surface area contributed by atoms with E-state index in [-0.39, 0.29) is 33.9 Å². The Kier molecular flexibility index (Phi) is 5.80. The van der Waals surface area contributed by atoms with Crippen molar-refractivity contribution >= 4 is 34.0 Å². The normalized spacial score (nSPS) is 17.2. The molecule has 8 heteroatoms. The van der Waals surface area contributed by atoms with Gasteiger partial charge in [0.25, 0.3) is 0 Å². The number of hydrogen-bond acceptors (Lipinski definition) is 4. The number of benzene rings is 1. The van der Waals surface area contributed by atoms with Crippen molar-refractivity contribution in [2.75, 3.05) is 13.1 Å². The van der Waals surface area contributed by atoms with Crippen LogP contribution in [0.25, 0.3) is 0 Å². The van der Waals surface area contributed by atoms with E-state index in [9.17, 15) is 8.42 Å². The smallest absolute Gasteiger partial charge is 0.243 e. The maximum Gasteiger partial charge on any atom is 0.243 e. The van der Waals surface area contributed by atoms with Crippen LogP contribution in [0.2, 0.25) is 5.02 Å². The first kappa shape index (κ1) is 17.2. The van der Waals surface area contributed by atoms with E-state index in [1.54, 1.807) is 0 Å². The number of sulfonamides is 1. The lowest BCUT2D eigenvalue weighted by Gasteiger charge is -2.29. The molecule has 1 aliphatic rings. The van der Waals surface area contributed by atoms with E-state index in [1.165, 1.54) is 22.5 Å². The molecule has 0 aromatic heterocycles. The monoisotopic (exact) mass is 335 g/mol. The summed E-state index contributed by atoms with van der Waals surface area (Å²) in [6.45, 7) is 0.821. The number of nitrogens with two attached hydrogens (primary N) is 1. The van der Waals surface area contributed by atoms with Crippen LogP contribution in [0.15, 0.2) is 23.1 Å². The summed E-state index contributed by atoms with van der Waals surface area (Å²) in [5, 5.41) is 9.15. The van der Waals surface area contributed by atoms with Gasteiger partial charge in [0.1, 0.15) is 6.07 Å². The van der Waals surface area contributed by atoms with E-state index in [0.29, 0.717) is 25.9 Å². The zero-order valence-corrected chi connectivity index (χ0v) is 13.0. The Morgan fingerprint density at radius 3 is 2.50 bits per heavy atom. The third-order valence-electron chi connectivity index (χ3n) is 3.19. The van der Waals surface area contributed by atoms with Gasteiger partial charge >= 0.3 is 0 Å². The highest BCUT2D eigenvalue weighted by Gasteiger charge is 2.28. The first-order chi connectivity index (χ1) is 8.95. The zero-order chi connectivity index (χ0) is 14.0. The SMILES string of the molecule is Cl.N#Cc1cc(S(=O)(=O)N2CCC(N)CC2)ccc1Cl. The minimum Gasteiger partial charge on any atom is -0.328 e. The summed E-state index contributed by atoms with van der Waals surface area (Å²) in [5.41, 5.74) is 5.93. The summed E-state index contributed by atoms with van der Waals surface area (Å²) in [6, 6.07) is 6.11. The number of nitrogens with zero attached hydrogens (tertiary/aromatic N) is 2. The fraction of sp³-hybridized carbons (Fsp3) is 0.417. The van der Waals surface area contributed by atoms with Crippen molar-refractivity contribution in [2.45, 2.75) is 23.8 Å². The summed E-state index contributed by atoms with van der Waals surface area (Å²) < 4.78 is 26.2. The Labute approximate surface area is 129 Å². The van der Waals surface area contributed by atoms with Crippen molar-refractivity contribution in [3.63, 3.8) is 0 Å². The summed E-state index contributed by atoms with van der Waals surface area (Å²) >= 11 is 5.80. The predicted octanol–water partition coefficient (Wildman–Crippen LogP) is 1.75. The quantitative estimate of drug-likeness (QED) is 0.891. The minimum atomic E-state index is -3.57. The molecule has 1 aliphatic heterocycles. The Hall–Kier alpha value is -0.840. The molecular formula is C12H15Cl2N3O2S. The highest BCUT2D eigenvalue weighted by atomic mass is 35.5. The molecule has 0 atom stereocenters. The fourth-order valence-electron chi connectivity index (χ4n) is 2.02. The van der Waals surface area contributed by atoms with Crippen LogP contribution < -0.4 is 5.73 Å². The third-order valence-corrected chi connectivity index (χ3v) is 5.42. The third kappa shape index (κ3) is 3.43. The van der Waals surface area contributed by atoms with Gasteiger partial charge in [-0.25, -0.2) is 8.42 Å². The van der Waals surface area contributed by atoms with Crippen molar-refractivity contribution in [1.29, 1.82) is 5.26 Å². The fourth-order valence-corrected chi connectivity index (χ4v) is 3.67. The number of nitriles is 1. The van der Waals surface area contributed by atoms with Crippen molar-refractivity contribution in [3.8, 4) is 6.07 Å². The molecule has 20 heavy (non-hydrogen) atoms. The van der Waals surface area contributed by atoms with E-state index >= 15 is 0 Å². The van der Waals surface area contributed by atoms with Crippen LogP contribution in [0.1, 0.15) is 18.4 Å². The second-order valence-electron chi connectivity index (χ2n) is 4.49. The molecule has 0 spiro atoms. The van der Waals surface area contributed by atoms with Gasteiger partial charge in [0, 0.05) is 19.1 Å². The molecule has 0 radical (unpaired) electrons. The molecule has 1 saturated heterocycles. The summed E-state index contributed by atoms with van der Waals surface area (Å²) in [4.78, 5) is 0.101. The van der Waals surface area contributed by atoms with Gasteiger partial charge in [-0.1, -0.05) is 11.6 Å². The van der Waals surface area contributed by atoms with Gasteiger partial charge in [0.15, 0.2) is 0 Å². The van der Waals surface area contributed by atoms with Crippen molar-refractivity contribution in [1.82, 2.24) is 4.31 Å². The Bertz CT molecular complexity index is 620. The number of piperidine rings is 1. The molecule has 0 amide bonds. The van der Waals surface area contributed by atoms with Crippen LogP contribution in [0.4, 0.5) is 0 Å². The molecule has 5 nitrogen and oxygen atoms in total. The first-order valence-electron chi connectivity index (χ1n) is 5.90. The van der Waals surface area contributed by atoms with Gasteiger partial charge < -0.3 is 5.73 Å². The van der Waals surface area contributed by atoms with Gasteiger partial charge in [-0.2, -0.15) is 9.57 Å². The van der Waals surface area contributed by atoms with Crippen molar-refractivity contribution in [2.24, 2.45) is 5.73 Å². The van der Waals surface area contributed by atoms with Crippen LogP contribution in [0.3, 0.4) is 0 Å². The Morgan fingerprint density at radius 1 is 1.35 bits per heavy atom. The van der Waals surface area contributed by atoms with Gasteiger partial charge in [-0.3, -0.25) is 0 Å². The van der Waals surface area contributed by atoms with Crippen LogP contribution in [0.5, 0.6) is 0 Å². The predicted molar refractivity (Wildman–Crippen MR) is 79.4 cm³/mol. The molecule has 0 bridgehead atoms. The molecule has 0 unspecified atom stereocenters. The number of halogens is 2. The van der Waals surface area contributed by atoms with E-state index < -0.39 is 10.0 Å². The summed E-state index contributed by atoms with van der Waals surface area (Å²) in [5.74, 6) is 0. The minimum absolute atomic E-state index is 0. The first-order valence-corrected chi connectivity index (χ1v) is 7.72. The lowest BCUT2D eigenvalue weighted by atomic mass is 10.1. The molecule has 1 aromatic carbocycles. The second kappa shape index (κ2) is 6.74. The lowest BCUT2D eigenvalue weighted by molar-refractivity contribution is 0.320. The molecular weight excluding hydrogens is 321 g/mol. The molecule has 1 fully saturated rings. The molecule has 1 aromatic rings. The largest absolute Gasteiger partial charge is 0.328 e. The number of rotatable bonds is 2. The standard InChI is InChI=1S/C12H14ClN3O2S.ClH/c13-12-2-1-11(7-9(12)8-14)19(17,18)16-5-3-10(15)4-6-16;/h1-2,7,10H,3-6,15H2;1H. The average Bonchev–Trinajstić information content (AvgIpc) is 2.39. The lowest BCUT2D eigenvalue weighted by Crippen LogP contribution is -2.42. The maximum atomic E-state index is 12.4. The van der Waals surface area contributed by atoms with E-state index in [0.717, 1.165) is 0 Å².